The van der Waals surface area contributed by atoms with Crippen LogP contribution in [0.2, 0.25) is 0 Å². The number of carbonyl (C=O) groups excluding carboxylic acids is 1. The first-order valence-corrected chi connectivity index (χ1v) is 6.71. The van der Waals surface area contributed by atoms with E-state index in [0.29, 0.717) is 0 Å². The standard InChI is InChI=1S/C13H16N4OS/c1-13(2,3)11(18)16-9-4-6-10(7-5-9)19-12-14-8-15-17-12/h4-8H,1-3H3,(H,16,18)(H,14,15,17). The Morgan fingerprint density at radius 1 is 1.26 bits per heavy atom. The Morgan fingerprint density at radius 3 is 2.47 bits per heavy atom. The van der Waals surface area contributed by atoms with Crippen molar-refractivity contribution in [2.24, 2.45) is 5.41 Å². The van der Waals surface area contributed by atoms with Crippen molar-refractivity contribution in [2.45, 2.75) is 30.8 Å². The molecule has 0 atom stereocenters. The van der Waals surface area contributed by atoms with Crippen LogP contribution in [0.15, 0.2) is 40.6 Å². The molecule has 5 nitrogen and oxygen atoms in total. The number of aromatic amines is 1. The Morgan fingerprint density at radius 2 is 1.95 bits per heavy atom. The average molecular weight is 276 g/mol. The third-order valence-electron chi connectivity index (χ3n) is 2.40. The van der Waals surface area contributed by atoms with Gasteiger partial charge in [-0.15, -0.1) is 0 Å². The fourth-order valence-corrected chi connectivity index (χ4v) is 1.97. The van der Waals surface area contributed by atoms with Crippen LogP contribution in [0.3, 0.4) is 0 Å². The van der Waals surface area contributed by atoms with Crippen molar-refractivity contribution in [1.29, 1.82) is 0 Å². The van der Waals surface area contributed by atoms with Crippen LogP contribution in [0.4, 0.5) is 5.69 Å². The fraction of sp³-hybridized carbons (Fsp3) is 0.308. The molecule has 0 saturated heterocycles. The lowest BCUT2D eigenvalue weighted by molar-refractivity contribution is -0.123. The van der Waals surface area contributed by atoms with Gasteiger partial charge in [-0.3, -0.25) is 9.89 Å². The Kier molecular flexibility index (Phi) is 3.90. The first-order valence-electron chi connectivity index (χ1n) is 5.90. The summed E-state index contributed by atoms with van der Waals surface area (Å²) in [5, 5.41) is 10.2. The van der Waals surface area contributed by atoms with E-state index < -0.39 is 5.41 Å². The molecule has 1 aromatic heterocycles. The molecule has 0 unspecified atom stereocenters. The molecular weight excluding hydrogens is 260 g/mol. The second-order valence-electron chi connectivity index (χ2n) is 5.12. The molecule has 0 saturated carbocycles. The highest BCUT2D eigenvalue weighted by atomic mass is 32.2. The molecule has 6 heteroatoms. The molecule has 19 heavy (non-hydrogen) atoms. The molecule has 0 bridgehead atoms. The Hall–Kier alpha value is -1.82. The van der Waals surface area contributed by atoms with Crippen LogP contribution in [0, 0.1) is 5.41 Å². The van der Waals surface area contributed by atoms with Crippen molar-refractivity contribution in [3.05, 3.63) is 30.6 Å². The Labute approximate surface area is 116 Å². The van der Waals surface area contributed by atoms with Gasteiger partial charge in [-0.2, -0.15) is 5.10 Å². The second kappa shape index (κ2) is 5.44. The minimum Gasteiger partial charge on any atom is -0.326 e. The van der Waals surface area contributed by atoms with Gasteiger partial charge in [0.05, 0.1) is 0 Å². The summed E-state index contributed by atoms with van der Waals surface area (Å²) >= 11 is 1.49. The molecule has 1 amide bonds. The maximum absolute atomic E-state index is 11.8. The molecule has 0 radical (unpaired) electrons. The number of benzene rings is 1. The van der Waals surface area contributed by atoms with E-state index in [1.165, 1.54) is 18.1 Å². The molecule has 2 N–H and O–H groups in total. The molecule has 1 heterocycles. The highest BCUT2D eigenvalue weighted by Gasteiger charge is 2.20. The molecule has 1 aromatic carbocycles. The summed E-state index contributed by atoms with van der Waals surface area (Å²) in [7, 11) is 0. The lowest BCUT2D eigenvalue weighted by atomic mass is 9.95. The Balaban J connectivity index is 2.01. The number of nitrogens with zero attached hydrogens (tertiary/aromatic N) is 2. The summed E-state index contributed by atoms with van der Waals surface area (Å²) in [6.07, 6.45) is 1.47. The quantitative estimate of drug-likeness (QED) is 0.904. The fourth-order valence-electron chi connectivity index (χ4n) is 1.28. The van der Waals surface area contributed by atoms with Crippen molar-refractivity contribution < 1.29 is 4.79 Å². The zero-order valence-corrected chi connectivity index (χ0v) is 11.9. The van der Waals surface area contributed by atoms with Gasteiger partial charge in [0.25, 0.3) is 0 Å². The first kappa shape index (κ1) is 13.6. The van der Waals surface area contributed by atoms with Crippen LogP contribution >= 0.6 is 11.8 Å². The first-order chi connectivity index (χ1) is 8.95. The maximum atomic E-state index is 11.8. The highest BCUT2D eigenvalue weighted by Crippen LogP contribution is 2.25. The highest BCUT2D eigenvalue weighted by molar-refractivity contribution is 7.99. The van der Waals surface area contributed by atoms with Crippen LogP contribution < -0.4 is 5.32 Å². The van der Waals surface area contributed by atoms with Crippen LogP contribution in [0.5, 0.6) is 0 Å². The summed E-state index contributed by atoms with van der Waals surface area (Å²) in [6, 6.07) is 7.63. The van der Waals surface area contributed by atoms with E-state index >= 15 is 0 Å². The number of H-pyrrole nitrogens is 1. The van der Waals surface area contributed by atoms with Crippen molar-refractivity contribution >= 4 is 23.4 Å². The van der Waals surface area contributed by atoms with Crippen molar-refractivity contribution in [3.63, 3.8) is 0 Å². The van der Waals surface area contributed by atoms with Crippen molar-refractivity contribution in [3.8, 4) is 0 Å². The number of aromatic nitrogens is 3. The van der Waals surface area contributed by atoms with Gasteiger partial charge >= 0.3 is 0 Å². The van der Waals surface area contributed by atoms with Gasteiger partial charge in [0.15, 0.2) is 5.16 Å². The largest absolute Gasteiger partial charge is 0.326 e. The topological polar surface area (TPSA) is 70.7 Å². The van der Waals surface area contributed by atoms with E-state index in [0.717, 1.165) is 15.7 Å². The summed E-state index contributed by atoms with van der Waals surface area (Å²) in [6.45, 7) is 5.66. The molecule has 0 aliphatic rings. The van der Waals surface area contributed by atoms with E-state index in [-0.39, 0.29) is 5.91 Å². The van der Waals surface area contributed by atoms with Gasteiger partial charge in [-0.25, -0.2) is 4.98 Å². The third kappa shape index (κ3) is 3.82. The van der Waals surface area contributed by atoms with Crippen molar-refractivity contribution in [2.75, 3.05) is 5.32 Å². The lowest BCUT2D eigenvalue weighted by Gasteiger charge is -2.17. The van der Waals surface area contributed by atoms with E-state index in [4.69, 9.17) is 0 Å². The van der Waals surface area contributed by atoms with Crippen LogP contribution in [0.1, 0.15) is 20.8 Å². The van der Waals surface area contributed by atoms with Crippen LogP contribution in [-0.4, -0.2) is 21.1 Å². The molecule has 0 aliphatic heterocycles. The molecule has 0 spiro atoms. The number of nitrogens with one attached hydrogen (secondary N) is 2. The van der Waals surface area contributed by atoms with Gasteiger partial charge in [0.1, 0.15) is 6.33 Å². The number of amides is 1. The Bertz CT molecular complexity index is 543. The zero-order chi connectivity index (χ0) is 13.9. The van der Waals surface area contributed by atoms with E-state index in [2.05, 4.69) is 20.5 Å². The summed E-state index contributed by atoms with van der Waals surface area (Å²) in [4.78, 5) is 16.9. The molecule has 100 valence electrons. The molecular formula is C13H16N4OS. The second-order valence-corrected chi connectivity index (χ2v) is 6.18. The summed E-state index contributed by atoms with van der Waals surface area (Å²) < 4.78 is 0. The van der Waals surface area contributed by atoms with E-state index in [1.54, 1.807) is 0 Å². The minimum atomic E-state index is -0.396. The normalized spacial score (nSPS) is 11.3. The SMILES string of the molecule is CC(C)(C)C(=O)Nc1ccc(Sc2ncn[nH]2)cc1. The van der Waals surface area contributed by atoms with Crippen molar-refractivity contribution in [1.82, 2.24) is 15.2 Å². The molecule has 0 aliphatic carbocycles. The zero-order valence-electron chi connectivity index (χ0n) is 11.1. The maximum Gasteiger partial charge on any atom is 0.229 e. The lowest BCUT2D eigenvalue weighted by Crippen LogP contribution is -2.27. The van der Waals surface area contributed by atoms with Crippen LogP contribution in [0.25, 0.3) is 0 Å². The third-order valence-corrected chi connectivity index (χ3v) is 3.30. The molecule has 0 fully saturated rings. The van der Waals surface area contributed by atoms with E-state index in [9.17, 15) is 4.79 Å². The summed E-state index contributed by atoms with van der Waals surface area (Å²) in [5.74, 6) is 0.00291. The monoisotopic (exact) mass is 276 g/mol. The number of hydrogen-bond donors (Lipinski definition) is 2. The number of anilines is 1. The van der Waals surface area contributed by atoms with Gasteiger partial charge < -0.3 is 5.32 Å². The smallest absolute Gasteiger partial charge is 0.229 e. The predicted molar refractivity (Wildman–Crippen MR) is 75.0 cm³/mol. The van der Waals surface area contributed by atoms with Gasteiger partial charge in [0.2, 0.25) is 5.91 Å². The van der Waals surface area contributed by atoms with Gasteiger partial charge in [-0.1, -0.05) is 32.5 Å². The predicted octanol–water partition coefficient (Wildman–Crippen LogP) is 2.94. The number of rotatable bonds is 3. The minimum absolute atomic E-state index is 0.00291. The van der Waals surface area contributed by atoms with E-state index in [1.807, 2.05) is 45.0 Å². The summed E-state index contributed by atoms with van der Waals surface area (Å²) in [5.41, 5.74) is 0.398. The van der Waals surface area contributed by atoms with Crippen LogP contribution in [-0.2, 0) is 4.79 Å². The molecule has 2 aromatic rings. The average Bonchev–Trinajstić information content (AvgIpc) is 2.83. The van der Waals surface area contributed by atoms with Gasteiger partial charge in [-0.05, 0) is 24.3 Å². The van der Waals surface area contributed by atoms with Gasteiger partial charge in [0, 0.05) is 16.0 Å². The number of carbonyl (C=O) groups is 1. The molecule has 2 rings (SSSR count). The number of hydrogen-bond acceptors (Lipinski definition) is 4.